The summed E-state index contributed by atoms with van der Waals surface area (Å²) in [6.07, 6.45) is 1.74. The van der Waals surface area contributed by atoms with Crippen LogP contribution in [0.2, 0.25) is 5.02 Å². The zero-order chi connectivity index (χ0) is 21.4. The van der Waals surface area contributed by atoms with Crippen molar-refractivity contribution in [3.8, 4) is 11.1 Å². The number of fused-ring (bicyclic) bond motifs is 1. The molecule has 2 heterocycles. The Bertz CT molecular complexity index is 1320. The van der Waals surface area contributed by atoms with Crippen LogP contribution in [-0.2, 0) is 17.9 Å². The van der Waals surface area contributed by atoms with Crippen LogP contribution in [0.4, 0.5) is 4.39 Å². The average molecular weight is 425 g/mol. The fraction of sp³-hybridized carbons (Fsp3) is 0.130. The minimum Gasteiger partial charge on any atom is -0.480 e. The topological polar surface area (TPSA) is 64.2 Å². The summed E-state index contributed by atoms with van der Waals surface area (Å²) in [5.74, 6) is -1.28. The highest BCUT2D eigenvalue weighted by molar-refractivity contribution is 6.31. The number of carbonyl (C=O) groups is 1. The number of hydrogen-bond donors (Lipinski definition) is 1. The maximum atomic E-state index is 13.2. The van der Waals surface area contributed by atoms with Gasteiger partial charge in [-0.15, -0.1) is 0 Å². The lowest BCUT2D eigenvalue weighted by Gasteiger charge is -2.10. The van der Waals surface area contributed by atoms with E-state index in [2.05, 4.69) is 0 Å². The highest BCUT2D eigenvalue weighted by Gasteiger charge is 2.18. The van der Waals surface area contributed by atoms with Gasteiger partial charge in [0.25, 0.3) is 5.56 Å². The van der Waals surface area contributed by atoms with Crippen LogP contribution in [0, 0.1) is 12.7 Å². The van der Waals surface area contributed by atoms with Crippen LogP contribution in [0.15, 0.2) is 65.6 Å². The molecule has 4 aromatic rings. The molecule has 0 saturated heterocycles. The predicted octanol–water partition coefficient (Wildman–Crippen LogP) is 4.70. The third kappa shape index (κ3) is 3.74. The highest BCUT2D eigenvalue weighted by atomic mass is 35.5. The summed E-state index contributed by atoms with van der Waals surface area (Å²) in [7, 11) is 0. The molecule has 5 nitrogen and oxygen atoms in total. The first-order chi connectivity index (χ1) is 14.3. The number of aromatic nitrogens is 2. The molecular formula is C23H18ClFN2O3. The minimum absolute atomic E-state index is 0.181. The summed E-state index contributed by atoms with van der Waals surface area (Å²) in [5, 5.41) is 10.7. The van der Waals surface area contributed by atoms with Gasteiger partial charge in [0.15, 0.2) is 0 Å². The average Bonchev–Trinajstić information content (AvgIpc) is 2.96. The lowest BCUT2D eigenvalue weighted by Crippen LogP contribution is -2.19. The molecule has 152 valence electrons. The molecule has 7 heteroatoms. The maximum absolute atomic E-state index is 13.2. The molecule has 0 atom stereocenters. The Hall–Kier alpha value is -3.38. The van der Waals surface area contributed by atoms with Crippen molar-refractivity contribution < 1.29 is 14.3 Å². The van der Waals surface area contributed by atoms with E-state index < -0.39 is 5.97 Å². The van der Waals surface area contributed by atoms with E-state index in [1.54, 1.807) is 51.7 Å². The zero-order valence-electron chi connectivity index (χ0n) is 16.1. The van der Waals surface area contributed by atoms with Gasteiger partial charge in [0.05, 0.1) is 6.54 Å². The normalized spacial score (nSPS) is 11.2. The van der Waals surface area contributed by atoms with Gasteiger partial charge in [-0.05, 0) is 48.9 Å². The van der Waals surface area contributed by atoms with Gasteiger partial charge in [-0.25, -0.2) is 4.39 Å². The molecule has 0 aliphatic rings. The SMILES string of the molecule is Cc1c(-c2ccc(=O)n(Cc3ccc(F)cc3)c2)c2cc(Cl)ccc2n1CC(=O)O. The summed E-state index contributed by atoms with van der Waals surface area (Å²) in [4.78, 5) is 23.8. The largest absolute Gasteiger partial charge is 0.480 e. The Morgan fingerprint density at radius 2 is 1.83 bits per heavy atom. The van der Waals surface area contributed by atoms with Gasteiger partial charge >= 0.3 is 5.97 Å². The van der Waals surface area contributed by atoms with Crippen LogP contribution < -0.4 is 5.56 Å². The van der Waals surface area contributed by atoms with Crippen molar-refractivity contribution >= 4 is 28.5 Å². The van der Waals surface area contributed by atoms with Crippen molar-refractivity contribution in [3.63, 3.8) is 0 Å². The van der Waals surface area contributed by atoms with Gasteiger partial charge in [-0.2, -0.15) is 0 Å². The van der Waals surface area contributed by atoms with Crippen LogP contribution >= 0.6 is 11.6 Å². The van der Waals surface area contributed by atoms with Crippen LogP contribution in [0.25, 0.3) is 22.0 Å². The van der Waals surface area contributed by atoms with Crippen LogP contribution in [0.5, 0.6) is 0 Å². The number of hydrogen-bond acceptors (Lipinski definition) is 2. The molecule has 0 aliphatic carbocycles. The van der Waals surface area contributed by atoms with Crippen molar-refractivity contribution in [1.82, 2.24) is 9.13 Å². The lowest BCUT2D eigenvalue weighted by atomic mass is 10.0. The van der Waals surface area contributed by atoms with Crippen molar-refractivity contribution in [2.24, 2.45) is 0 Å². The molecule has 0 bridgehead atoms. The number of rotatable bonds is 5. The van der Waals surface area contributed by atoms with E-state index in [-0.39, 0.29) is 17.9 Å². The highest BCUT2D eigenvalue weighted by Crippen LogP contribution is 2.35. The number of carboxylic acids is 1. The van der Waals surface area contributed by atoms with E-state index >= 15 is 0 Å². The van der Waals surface area contributed by atoms with Gasteiger partial charge in [0, 0.05) is 45.0 Å². The van der Waals surface area contributed by atoms with Gasteiger partial charge < -0.3 is 14.2 Å². The molecular weight excluding hydrogens is 407 g/mol. The molecule has 2 aromatic heterocycles. The Morgan fingerprint density at radius 3 is 2.53 bits per heavy atom. The van der Waals surface area contributed by atoms with Gasteiger partial charge in [-0.3, -0.25) is 9.59 Å². The molecule has 0 aliphatic heterocycles. The second-order valence-electron chi connectivity index (χ2n) is 7.11. The van der Waals surface area contributed by atoms with E-state index in [1.165, 1.54) is 18.2 Å². The number of carboxylic acid groups (broad SMARTS) is 1. The van der Waals surface area contributed by atoms with Crippen molar-refractivity contribution in [2.75, 3.05) is 0 Å². The fourth-order valence-electron chi connectivity index (χ4n) is 3.75. The molecule has 2 aromatic carbocycles. The summed E-state index contributed by atoms with van der Waals surface area (Å²) < 4.78 is 16.5. The summed E-state index contributed by atoms with van der Waals surface area (Å²) in [6, 6.07) is 14.5. The molecule has 0 spiro atoms. The maximum Gasteiger partial charge on any atom is 0.323 e. The summed E-state index contributed by atoms with van der Waals surface area (Å²) >= 11 is 6.21. The van der Waals surface area contributed by atoms with Crippen molar-refractivity contribution in [1.29, 1.82) is 0 Å². The zero-order valence-corrected chi connectivity index (χ0v) is 16.9. The van der Waals surface area contributed by atoms with Gasteiger partial charge in [-0.1, -0.05) is 23.7 Å². The number of halogens is 2. The summed E-state index contributed by atoms with van der Waals surface area (Å²) in [5.41, 5.74) is 3.72. The van der Waals surface area contributed by atoms with Gasteiger partial charge in [0.1, 0.15) is 12.4 Å². The predicted molar refractivity (Wildman–Crippen MR) is 115 cm³/mol. The Balaban J connectivity index is 1.87. The molecule has 1 N–H and O–H groups in total. The Kier molecular flexibility index (Phi) is 5.18. The molecule has 0 unspecified atom stereocenters. The second kappa shape index (κ2) is 7.80. The second-order valence-corrected chi connectivity index (χ2v) is 7.55. The standard InChI is InChI=1S/C23H18ClFN2O3/c1-14-23(19-10-17(24)5-8-20(19)27(14)13-22(29)30)16-4-9-21(28)26(12-16)11-15-2-6-18(25)7-3-15/h2-10,12H,11,13H2,1H3,(H,29,30). The molecule has 0 saturated carbocycles. The first-order valence-electron chi connectivity index (χ1n) is 9.29. The lowest BCUT2D eigenvalue weighted by molar-refractivity contribution is -0.137. The van der Waals surface area contributed by atoms with Crippen LogP contribution in [0.1, 0.15) is 11.3 Å². The first-order valence-corrected chi connectivity index (χ1v) is 9.67. The van der Waals surface area contributed by atoms with Crippen LogP contribution in [0.3, 0.4) is 0 Å². The third-order valence-corrected chi connectivity index (χ3v) is 5.35. The minimum atomic E-state index is -0.947. The van der Waals surface area contributed by atoms with E-state index in [0.29, 0.717) is 11.6 Å². The smallest absolute Gasteiger partial charge is 0.323 e. The van der Waals surface area contributed by atoms with Gasteiger partial charge in [0.2, 0.25) is 0 Å². The fourth-order valence-corrected chi connectivity index (χ4v) is 3.92. The van der Waals surface area contributed by atoms with E-state index in [1.807, 2.05) is 6.92 Å². The molecule has 4 rings (SSSR count). The molecule has 30 heavy (non-hydrogen) atoms. The van der Waals surface area contributed by atoms with E-state index in [4.69, 9.17) is 11.6 Å². The van der Waals surface area contributed by atoms with Crippen LogP contribution in [-0.4, -0.2) is 20.2 Å². The monoisotopic (exact) mass is 424 g/mol. The Labute approximate surface area is 176 Å². The molecule has 0 fully saturated rings. The number of pyridine rings is 1. The number of benzene rings is 2. The molecule has 0 radical (unpaired) electrons. The van der Waals surface area contributed by atoms with E-state index in [9.17, 15) is 19.1 Å². The number of nitrogens with zero attached hydrogens (tertiary/aromatic N) is 2. The summed E-state index contributed by atoms with van der Waals surface area (Å²) in [6.45, 7) is 1.96. The molecule has 0 amide bonds. The first kappa shape index (κ1) is 19.9. The third-order valence-electron chi connectivity index (χ3n) is 5.12. The Morgan fingerprint density at radius 1 is 1.10 bits per heavy atom. The quantitative estimate of drug-likeness (QED) is 0.505. The van der Waals surface area contributed by atoms with Crippen molar-refractivity contribution in [3.05, 3.63) is 93.2 Å². The van der Waals surface area contributed by atoms with Crippen molar-refractivity contribution in [2.45, 2.75) is 20.0 Å². The van der Waals surface area contributed by atoms with E-state index in [0.717, 1.165) is 33.3 Å². The number of aliphatic carboxylic acids is 1.